The molecule has 1 aromatic carbocycles. The number of hydrogen-bond acceptors (Lipinski definition) is 1. The summed E-state index contributed by atoms with van der Waals surface area (Å²) in [6.07, 6.45) is 8.25. The highest BCUT2D eigenvalue weighted by atomic mass is 14.9. The van der Waals surface area contributed by atoms with E-state index in [1.54, 1.807) is 0 Å². The molecule has 0 bridgehead atoms. The van der Waals surface area contributed by atoms with Crippen LogP contribution in [0.3, 0.4) is 0 Å². The molecule has 20 heavy (non-hydrogen) atoms. The van der Waals surface area contributed by atoms with Crippen LogP contribution in [0.2, 0.25) is 0 Å². The zero-order valence-corrected chi connectivity index (χ0v) is 13.7. The Balaban J connectivity index is 2.02. The number of hydrogen-bond donors (Lipinski definition) is 1. The molecule has 3 unspecified atom stereocenters. The Morgan fingerprint density at radius 2 is 2.00 bits per heavy atom. The molecular weight excluding hydrogens is 242 g/mol. The molecule has 0 saturated heterocycles. The first-order valence-electron chi connectivity index (χ1n) is 8.37. The van der Waals surface area contributed by atoms with E-state index in [2.05, 4.69) is 51.3 Å². The molecule has 1 nitrogen and oxygen atoms in total. The van der Waals surface area contributed by atoms with Crippen LogP contribution in [0.25, 0.3) is 0 Å². The minimum Gasteiger partial charge on any atom is -0.316 e. The van der Waals surface area contributed by atoms with E-state index in [4.69, 9.17) is 0 Å². The Morgan fingerprint density at radius 3 is 2.65 bits per heavy atom. The normalized spacial score (nSPS) is 24.6. The van der Waals surface area contributed by atoms with Crippen LogP contribution < -0.4 is 5.32 Å². The van der Waals surface area contributed by atoms with Gasteiger partial charge < -0.3 is 5.32 Å². The van der Waals surface area contributed by atoms with Gasteiger partial charge in [0.25, 0.3) is 0 Å². The zero-order valence-electron chi connectivity index (χ0n) is 13.7. The highest BCUT2D eigenvalue weighted by Crippen LogP contribution is 2.33. The van der Waals surface area contributed by atoms with Gasteiger partial charge in [-0.2, -0.15) is 0 Å². The smallest absolute Gasteiger partial charge is 0.0133 e. The summed E-state index contributed by atoms with van der Waals surface area (Å²) in [7, 11) is 2.14. The molecule has 1 saturated carbocycles. The van der Waals surface area contributed by atoms with Crippen molar-refractivity contribution in [1.29, 1.82) is 0 Å². The lowest BCUT2D eigenvalue weighted by molar-refractivity contribution is 0.212. The van der Waals surface area contributed by atoms with E-state index >= 15 is 0 Å². The van der Waals surface area contributed by atoms with Crippen molar-refractivity contribution in [1.82, 2.24) is 5.32 Å². The Labute approximate surface area is 125 Å². The predicted octanol–water partition coefficient (Wildman–Crippen LogP) is 4.65. The maximum atomic E-state index is 3.60. The van der Waals surface area contributed by atoms with E-state index in [0.29, 0.717) is 6.04 Å². The highest BCUT2D eigenvalue weighted by Gasteiger charge is 2.26. The fraction of sp³-hybridized carbons (Fsp3) is 0.684. The van der Waals surface area contributed by atoms with Gasteiger partial charge in [0.2, 0.25) is 0 Å². The van der Waals surface area contributed by atoms with Crippen molar-refractivity contribution in [2.24, 2.45) is 11.8 Å². The standard InChI is InChI=1S/C19H31N/c1-5-16-7-6-8-18(12-16)19(20-4)13-17-10-9-14(2)15(3)11-17/h9-11,16,18-20H,5-8,12-13H2,1-4H3. The summed E-state index contributed by atoms with van der Waals surface area (Å²) in [5.41, 5.74) is 4.32. The number of benzene rings is 1. The molecule has 0 spiro atoms. The van der Waals surface area contributed by atoms with Crippen LogP contribution in [-0.2, 0) is 6.42 Å². The van der Waals surface area contributed by atoms with E-state index in [1.165, 1.54) is 55.2 Å². The third kappa shape index (κ3) is 3.85. The van der Waals surface area contributed by atoms with Crippen molar-refractivity contribution in [2.75, 3.05) is 7.05 Å². The topological polar surface area (TPSA) is 12.0 Å². The monoisotopic (exact) mass is 273 g/mol. The number of nitrogens with one attached hydrogen (secondary N) is 1. The van der Waals surface area contributed by atoms with Gasteiger partial charge in [0.05, 0.1) is 0 Å². The number of likely N-dealkylation sites (N-methyl/N-ethyl adjacent to an activating group) is 1. The summed E-state index contributed by atoms with van der Waals surface area (Å²) in [4.78, 5) is 0. The summed E-state index contributed by atoms with van der Waals surface area (Å²) in [5, 5.41) is 3.60. The maximum Gasteiger partial charge on any atom is 0.0133 e. The molecule has 1 aliphatic rings. The molecule has 0 heterocycles. The first-order chi connectivity index (χ1) is 9.63. The third-order valence-corrected chi connectivity index (χ3v) is 5.37. The Morgan fingerprint density at radius 1 is 1.20 bits per heavy atom. The lowest BCUT2D eigenvalue weighted by Crippen LogP contribution is -2.38. The van der Waals surface area contributed by atoms with Gasteiger partial charge in [-0.3, -0.25) is 0 Å². The van der Waals surface area contributed by atoms with Crippen LogP contribution in [-0.4, -0.2) is 13.1 Å². The maximum absolute atomic E-state index is 3.60. The average molecular weight is 273 g/mol. The van der Waals surface area contributed by atoms with Crippen molar-refractivity contribution < 1.29 is 0 Å². The summed E-state index contributed by atoms with van der Waals surface area (Å²) < 4.78 is 0. The van der Waals surface area contributed by atoms with Gasteiger partial charge in [0, 0.05) is 6.04 Å². The summed E-state index contributed by atoms with van der Waals surface area (Å²) in [6, 6.07) is 7.60. The molecule has 112 valence electrons. The molecule has 0 radical (unpaired) electrons. The van der Waals surface area contributed by atoms with E-state index in [9.17, 15) is 0 Å². The molecular formula is C19H31N. The SMILES string of the molecule is CCC1CCCC(C(Cc2ccc(C)c(C)c2)NC)C1. The fourth-order valence-corrected chi connectivity index (χ4v) is 3.76. The molecule has 1 fully saturated rings. The molecule has 1 heteroatoms. The number of aryl methyl sites for hydroxylation is 2. The van der Waals surface area contributed by atoms with Crippen LogP contribution in [0.5, 0.6) is 0 Å². The lowest BCUT2D eigenvalue weighted by Gasteiger charge is -2.34. The summed E-state index contributed by atoms with van der Waals surface area (Å²) in [5.74, 6) is 1.82. The summed E-state index contributed by atoms with van der Waals surface area (Å²) in [6.45, 7) is 6.77. The minimum absolute atomic E-state index is 0.645. The highest BCUT2D eigenvalue weighted by molar-refractivity contribution is 5.30. The molecule has 0 aliphatic heterocycles. The molecule has 0 aromatic heterocycles. The predicted molar refractivity (Wildman–Crippen MR) is 88.2 cm³/mol. The molecule has 1 aromatic rings. The molecule has 3 atom stereocenters. The quantitative estimate of drug-likeness (QED) is 0.823. The zero-order chi connectivity index (χ0) is 14.5. The first-order valence-corrected chi connectivity index (χ1v) is 8.37. The minimum atomic E-state index is 0.645. The Bertz CT molecular complexity index is 424. The van der Waals surface area contributed by atoms with Gasteiger partial charge in [-0.15, -0.1) is 0 Å². The van der Waals surface area contributed by atoms with Gasteiger partial charge in [-0.1, -0.05) is 44.4 Å². The van der Waals surface area contributed by atoms with Gasteiger partial charge in [0.15, 0.2) is 0 Å². The van der Waals surface area contributed by atoms with Crippen LogP contribution in [0.4, 0.5) is 0 Å². The van der Waals surface area contributed by atoms with Crippen LogP contribution in [0, 0.1) is 25.7 Å². The largest absolute Gasteiger partial charge is 0.316 e. The molecule has 2 rings (SSSR count). The second kappa shape index (κ2) is 7.26. The fourth-order valence-electron chi connectivity index (χ4n) is 3.76. The molecule has 1 N–H and O–H groups in total. The third-order valence-electron chi connectivity index (χ3n) is 5.37. The van der Waals surface area contributed by atoms with Crippen LogP contribution >= 0.6 is 0 Å². The van der Waals surface area contributed by atoms with Gasteiger partial charge in [-0.25, -0.2) is 0 Å². The Kier molecular flexibility index (Phi) is 5.65. The van der Waals surface area contributed by atoms with Crippen molar-refractivity contribution in [3.8, 4) is 0 Å². The van der Waals surface area contributed by atoms with Gasteiger partial charge in [0.1, 0.15) is 0 Å². The van der Waals surface area contributed by atoms with E-state index in [1.807, 2.05) is 0 Å². The van der Waals surface area contributed by atoms with E-state index in [0.717, 1.165) is 11.8 Å². The lowest BCUT2D eigenvalue weighted by atomic mass is 9.75. The molecule has 0 amide bonds. The van der Waals surface area contributed by atoms with Gasteiger partial charge >= 0.3 is 0 Å². The van der Waals surface area contributed by atoms with Crippen molar-refractivity contribution >= 4 is 0 Å². The second-order valence-electron chi connectivity index (χ2n) is 6.72. The van der Waals surface area contributed by atoms with Crippen molar-refractivity contribution in [3.05, 3.63) is 34.9 Å². The van der Waals surface area contributed by atoms with Gasteiger partial charge in [-0.05, 0) is 68.7 Å². The number of rotatable bonds is 5. The van der Waals surface area contributed by atoms with Crippen LogP contribution in [0.1, 0.15) is 55.7 Å². The molecule has 1 aliphatic carbocycles. The van der Waals surface area contributed by atoms with Crippen LogP contribution in [0.15, 0.2) is 18.2 Å². The van der Waals surface area contributed by atoms with Crippen molar-refractivity contribution in [2.45, 2.75) is 65.3 Å². The second-order valence-corrected chi connectivity index (χ2v) is 6.72. The van der Waals surface area contributed by atoms with Crippen molar-refractivity contribution in [3.63, 3.8) is 0 Å². The Hall–Kier alpha value is -0.820. The van der Waals surface area contributed by atoms with E-state index in [-0.39, 0.29) is 0 Å². The van der Waals surface area contributed by atoms with E-state index < -0.39 is 0 Å². The first kappa shape index (κ1) is 15.6. The average Bonchev–Trinajstić information content (AvgIpc) is 2.48. The summed E-state index contributed by atoms with van der Waals surface area (Å²) >= 11 is 0.